The van der Waals surface area contributed by atoms with E-state index in [2.05, 4.69) is 0 Å². The highest BCUT2D eigenvalue weighted by Crippen LogP contribution is 2.32. The zero-order chi connectivity index (χ0) is 34.4. The van der Waals surface area contributed by atoms with Crippen LogP contribution in [0, 0.1) is 0 Å². The lowest BCUT2D eigenvalue weighted by atomic mass is 10.0. The van der Waals surface area contributed by atoms with Crippen molar-refractivity contribution in [2.75, 3.05) is 19.5 Å². The molecule has 0 spiro atoms. The highest BCUT2D eigenvalue weighted by Gasteiger charge is 2.25. The third kappa shape index (κ3) is 12.1. The van der Waals surface area contributed by atoms with Crippen molar-refractivity contribution in [2.24, 2.45) is 0 Å². The maximum atomic E-state index is 12.1. The van der Waals surface area contributed by atoms with Gasteiger partial charge in [0.2, 0.25) is 0 Å². The second-order valence-electron chi connectivity index (χ2n) is 11.0. The highest BCUT2D eigenvalue weighted by atomic mass is 32.2. The van der Waals surface area contributed by atoms with Gasteiger partial charge in [0.1, 0.15) is 25.6 Å². The van der Waals surface area contributed by atoms with Gasteiger partial charge in [-0.05, 0) is 65.8 Å². The number of rotatable bonds is 13. The lowest BCUT2D eigenvalue weighted by Gasteiger charge is -2.15. The van der Waals surface area contributed by atoms with Crippen LogP contribution >= 0.6 is 11.8 Å². The van der Waals surface area contributed by atoms with E-state index in [-0.39, 0.29) is 36.1 Å². The quantitative estimate of drug-likeness (QED) is 0.0935. The summed E-state index contributed by atoms with van der Waals surface area (Å²) in [7, 11) is -3.71. The molecular formula is C37H38O9S2. The minimum absolute atomic E-state index is 0.115. The van der Waals surface area contributed by atoms with Crippen LogP contribution < -0.4 is 0 Å². The van der Waals surface area contributed by atoms with Gasteiger partial charge in [0.25, 0.3) is 10.1 Å². The number of aliphatic hydroxyl groups is 1. The van der Waals surface area contributed by atoms with Crippen LogP contribution in [0.3, 0.4) is 0 Å². The molecule has 252 valence electrons. The Kier molecular flexibility index (Phi) is 13.9. The highest BCUT2D eigenvalue weighted by molar-refractivity contribution is 8.00. The van der Waals surface area contributed by atoms with Crippen LogP contribution in [0.25, 0.3) is 22.3 Å². The lowest BCUT2D eigenvalue weighted by Crippen LogP contribution is -2.25. The van der Waals surface area contributed by atoms with Crippen molar-refractivity contribution in [1.29, 1.82) is 0 Å². The lowest BCUT2D eigenvalue weighted by molar-refractivity contribution is -0.108. The number of esters is 2. The molecule has 0 aromatic heterocycles. The molecule has 48 heavy (non-hydrogen) atoms. The van der Waals surface area contributed by atoms with Gasteiger partial charge >= 0.3 is 11.9 Å². The number of hydrogen-bond donors (Lipinski definition) is 1. The van der Waals surface area contributed by atoms with Crippen molar-refractivity contribution in [3.8, 4) is 22.3 Å². The predicted molar refractivity (Wildman–Crippen MR) is 186 cm³/mol. The molecule has 4 aromatic carbocycles. The monoisotopic (exact) mass is 690 g/mol. The second-order valence-corrected chi connectivity index (χ2v) is 14.1. The molecule has 1 unspecified atom stereocenters. The van der Waals surface area contributed by atoms with Crippen molar-refractivity contribution >= 4 is 40.1 Å². The van der Waals surface area contributed by atoms with Crippen LogP contribution in [0.5, 0.6) is 0 Å². The molecule has 1 N–H and O–H groups in total. The van der Waals surface area contributed by atoms with Crippen LogP contribution in [0.2, 0.25) is 0 Å². The summed E-state index contributed by atoms with van der Waals surface area (Å²) in [6.45, 7) is 0.112. The zero-order valence-corrected chi connectivity index (χ0v) is 28.1. The predicted octanol–water partition coefficient (Wildman–Crippen LogP) is 6.56. The van der Waals surface area contributed by atoms with E-state index in [1.165, 1.54) is 11.8 Å². The molecular weight excluding hydrogens is 653 g/mol. The summed E-state index contributed by atoms with van der Waals surface area (Å²) in [4.78, 5) is 34.6. The first-order valence-corrected chi connectivity index (χ1v) is 18.2. The Hall–Kier alpha value is -4.29. The van der Waals surface area contributed by atoms with E-state index in [4.69, 9.17) is 13.7 Å². The fourth-order valence-electron chi connectivity index (χ4n) is 4.83. The summed E-state index contributed by atoms with van der Waals surface area (Å²) >= 11 is 1.48. The van der Waals surface area contributed by atoms with Gasteiger partial charge in [0, 0.05) is 11.7 Å². The minimum Gasteiger partial charge on any atom is -0.461 e. The number of carbonyl (C=O) groups is 3. The summed E-state index contributed by atoms with van der Waals surface area (Å²) in [5, 5.41) is 9.65. The van der Waals surface area contributed by atoms with E-state index >= 15 is 0 Å². The van der Waals surface area contributed by atoms with Crippen LogP contribution in [-0.2, 0) is 28.6 Å². The maximum absolute atomic E-state index is 12.1. The average molecular weight is 691 g/mol. The standard InChI is InChI=1S/C19H20O6S.C18H18O3S/c1-26(22,23)25-18(8-5-13-20)14-24-19(21)17-11-9-16(10-12-17)15-6-3-2-4-7-15;19-17-11-10-16(22-17)12-21-18(20)15-8-6-14(7-9-15)13-4-2-1-3-5-13/h2-4,6-7,9-13,18H,5,8,14H2,1H3;1-9,16-17,19H,10-12H2/t18-;16-,17?/m01/s1. The maximum Gasteiger partial charge on any atom is 0.338 e. The van der Waals surface area contributed by atoms with E-state index in [9.17, 15) is 27.9 Å². The summed E-state index contributed by atoms with van der Waals surface area (Å²) < 4.78 is 37.8. The van der Waals surface area contributed by atoms with Gasteiger partial charge in [-0.25, -0.2) is 9.59 Å². The summed E-state index contributed by atoms with van der Waals surface area (Å²) in [6, 6.07) is 34.1. The third-order valence-electron chi connectivity index (χ3n) is 7.26. The van der Waals surface area contributed by atoms with Crippen molar-refractivity contribution < 1.29 is 41.6 Å². The van der Waals surface area contributed by atoms with E-state index in [0.29, 0.717) is 24.0 Å². The SMILES string of the molecule is CS(=O)(=O)O[C@@H](CCC=O)COC(=O)c1ccc(-c2ccccc2)cc1.O=C(OC[C@H]1CCC(O)S1)c1ccc(-c2ccccc2)cc1. The van der Waals surface area contributed by atoms with E-state index in [0.717, 1.165) is 41.4 Å². The number of ether oxygens (including phenoxy) is 2. The van der Waals surface area contributed by atoms with Gasteiger partial charge in [0.15, 0.2) is 0 Å². The molecule has 0 aliphatic carbocycles. The van der Waals surface area contributed by atoms with Gasteiger partial charge in [0.05, 0.1) is 22.8 Å². The summed E-state index contributed by atoms with van der Waals surface area (Å²) in [5.74, 6) is -0.889. The van der Waals surface area contributed by atoms with Crippen LogP contribution in [-0.4, -0.2) is 68.0 Å². The van der Waals surface area contributed by atoms with Gasteiger partial charge < -0.3 is 19.4 Å². The van der Waals surface area contributed by atoms with E-state index in [1.54, 1.807) is 24.3 Å². The smallest absolute Gasteiger partial charge is 0.338 e. The van der Waals surface area contributed by atoms with E-state index < -0.39 is 22.2 Å². The average Bonchev–Trinajstić information content (AvgIpc) is 3.53. The normalized spacial score (nSPS) is 16.2. The number of hydrogen-bond acceptors (Lipinski definition) is 10. The molecule has 1 aliphatic heterocycles. The molecule has 0 amide bonds. The molecule has 0 radical (unpaired) electrons. The largest absolute Gasteiger partial charge is 0.461 e. The number of carbonyl (C=O) groups excluding carboxylic acids is 3. The van der Waals surface area contributed by atoms with Gasteiger partial charge in [-0.1, -0.05) is 84.9 Å². The Bertz CT molecular complexity index is 1710. The Morgan fingerprint density at radius 3 is 1.69 bits per heavy atom. The van der Waals surface area contributed by atoms with Crippen molar-refractivity contribution in [1.82, 2.24) is 0 Å². The van der Waals surface area contributed by atoms with Crippen LogP contribution in [0.1, 0.15) is 46.4 Å². The number of benzene rings is 4. The van der Waals surface area contributed by atoms with Gasteiger partial charge in [-0.2, -0.15) is 8.42 Å². The molecule has 1 fully saturated rings. The fourth-order valence-corrected chi connectivity index (χ4v) is 6.61. The second kappa shape index (κ2) is 18.3. The molecule has 3 atom stereocenters. The molecule has 9 nitrogen and oxygen atoms in total. The van der Waals surface area contributed by atoms with Crippen LogP contribution in [0.15, 0.2) is 109 Å². The molecule has 0 saturated carbocycles. The molecule has 5 rings (SSSR count). The van der Waals surface area contributed by atoms with Gasteiger partial charge in [-0.15, -0.1) is 11.8 Å². The fraction of sp³-hybridized carbons (Fsp3) is 0.270. The first-order chi connectivity index (χ1) is 23.1. The first-order valence-electron chi connectivity index (χ1n) is 15.4. The van der Waals surface area contributed by atoms with Gasteiger partial charge in [-0.3, -0.25) is 4.18 Å². The molecule has 4 aromatic rings. The van der Waals surface area contributed by atoms with Crippen LogP contribution in [0.4, 0.5) is 0 Å². The summed E-state index contributed by atoms with van der Waals surface area (Å²) in [6.07, 6.45) is 2.61. The number of aliphatic hydroxyl groups excluding tert-OH is 1. The Morgan fingerprint density at radius 1 is 0.771 bits per heavy atom. The first kappa shape index (κ1) is 36.5. The molecule has 11 heteroatoms. The molecule has 1 aliphatic rings. The molecule has 1 saturated heterocycles. The van der Waals surface area contributed by atoms with E-state index in [1.807, 2.05) is 84.9 Å². The topological polar surface area (TPSA) is 133 Å². The molecule has 0 bridgehead atoms. The van der Waals surface area contributed by atoms with Crippen molar-refractivity contribution in [3.05, 3.63) is 120 Å². The van der Waals surface area contributed by atoms with Crippen molar-refractivity contribution in [3.63, 3.8) is 0 Å². The Labute approximate surface area is 285 Å². The number of thioether (sulfide) groups is 1. The minimum atomic E-state index is -3.71. The Morgan fingerprint density at radius 2 is 1.25 bits per heavy atom. The summed E-state index contributed by atoms with van der Waals surface area (Å²) in [5.41, 5.74) is 4.79. The molecule has 1 heterocycles. The number of aldehydes is 1. The Balaban J connectivity index is 0.000000219. The van der Waals surface area contributed by atoms with Crippen molar-refractivity contribution in [2.45, 2.75) is 42.5 Å². The third-order valence-corrected chi connectivity index (χ3v) is 9.19. The zero-order valence-electron chi connectivity index (χ0n) is 26.5.